The molecule has 2 amide bonds. The largest absolute Gasteiger partial charge is 0.395 e. The first kappa shape index (κ1) is 13.5. The number of rotatable bonds is 4. The molecule has 0 aliphatic heterocycles. The molecule has 0 aliphatic rings. The van der Waals surface area contributed by atoms with Gasteiger partial charge in [0, 0.05) is 13.6 Å². The van der Waals surface area contributed by atoms with Crippen molar-refractivity contribution in [3.05, 3.63) is 35.9 Å². The summed E-state index contributed by atoms with van der Waals surface area (Å²) in [6.07, 6.45) is 0. The standard InChI is InChI=1S/C13H20N2O2/c1-13(2,11-7-5-4-6-8-11)14-12(17)15(3)9-10-16/h4-8,16H,9-10H2,1-3H3,(H,14,17). The number of nitrogens with one attached hydrogen (secondary N) is 1. The van der Waals surface area contributed by atoms with Gasteiger partial charge >= 0.3 is 6.03 Å². The molecule has 17 heavy (non-hydrogen) atoms. The summed E-state index contributed by atoms with van der Waals surface area (Å²) in [7, 11) is 1.66. The van der Waals surface area contributed by atoms with Crippen molar-refractivity contribution in [2.75, 3.05) is 20.2 Å². The van der Waals surface area contributed by atoms with Crippen molar-refractivity contribution in [3.8, 4) is 0 Å². The summed E-state index contributed by atoms with van der Waals surface area (Å²) in [4.78, 5) is 13.3. The van der Waals surface area contributed by atoms with E-state index in [0.29, 0.717) is 6.54 Å². The summed E-state index contributed by atoms with van der Waals surface area (Å²) >= 11 is 0. The first-order chi connectivity index (χ1) is 7.97. The van der Waals surface area contributed by atoms with Crippen LogP contribution in [0.3, 0.4) is 0 Å². The Hall–Kier alpha value is -1.55. The molecule has 94 valence electrons. The number of amides is 2. The highest BCUT2D eigenvalue weighted by atomic mass is 16.3. The van der Waals surface area contributed by atoms with Gasteiger partial charge in [-0.05, 0) is 19.4 Å². The van der Waals surface area contributed by atoms with E-state index in [1.807, 2.05) is 44.2 Å². The summed E-state index contributed by atoms with van der Waals surface area (Å²) < 4.78 is 0. The molecular formula is C13H20N2O2. The molecule has 0 bridgehead atoms. The van der Waals surface area contributed by atoms with E-state index in [2.05, 4.69) is 5.32 Å². The van der Waals surface area contributed by atoms with Gasteiger partial charge in [0.15, 0.2) is 0 Å². The predicted octanol–water partition coefficient (Wildman–Crippen LogP) is 1.56. The second-order valence-electron chi connectivity index (χ2n) is 4.57. The molecule has 0 atom stereocenters. The lowest BCUT2D eigenvalue weighted by Gasteiger charge is -2.29. The molecule has 1 rings (SSSR count). The van der Waals surface area contributed by atoms with Crippen LogP contribution in [0, 0.1) is 0 Å². The van der Waals surface area contributed by atoms with Gasteiger partial charge in [0.25, 0.3) is 0 Å². The first-order valence-corrected chi connectivity index (χ1v) is 5.67. The molecule has 4 nitrogen and oxygen atoms in total. The molecule has 0 heterocycles. The van der Waals surface area contributed by atoms with Crippen molar-refractivity contribution in [2.45, 2.75) is 19.4 Å². The fourth-order valence-electron chi connectivity index (χ4n) is 1.54. The van der Waals surface area contributed by atoms with Crippen molar-refractivity contribution >= 4 is 6.03 Å². The van der Waals surface area contributed by atoms with Crippen LogP contribution in [0.5, 0.6) is 0 Å². The molecule has 0 spiro atoms. The van der Waals surface area contributed by atoms with Crippen LogP contribution in [-0.4, -0.2) is 36.2 Å². The summed E-state index contributed by atoms with van der Waals surface area (Å²) in [5.41, 5.74) is 0.618. The highest BCUT2D eigenvalue weighted by Gasteiger charge is 2.23. The van der Waals surface area contributed by atoms with E-state index < -0.39 is 5.54 Å². The average Bonchev–Trinajstić information content (AvgIpc) is 2.30. The minimum absolute atomic E-state index is 0.0321. The number of carbonyl (C=O) groups excluding carboxylic acids is 1. The van der Waals surface area contributed by atoms with Gasteiger partial charge in [0.1, 0.15) is 0 Å². The molecular weight excluding hydrogens is 216 g/mol. The molecule has 1 aromatic rings. The summed E-state index contributed by atoms with van der Waals surface area (Å²) in [5, 5.41) is 11.7. The Morgan fingerprint density at radius 3 is 2.47 bits per heavy atom. The van der Waals surface area contributed by atoms with Gasteiger partial charge in [-0.15, -0.1) is 0 Å². The Kier molecular flexibility index (Phi) is 4.52. The number of carbonyl (C=O) groups is 1. The van der Waals surface area contributed by atoms with Crippen LogP contribution in [0.25, 0.3) is 0 Å². The number of urea groups is 1. The molecule has 0 aliphatic carbocycles. The lowest BCUT2D eigenvalue weighted by Crippen LogP contribution is -2.47. The van der Waals surface area contributed by atoms with Crippen LogP contribution in [0.4, 0.5) is 4.79 Å². The van der Waals surface area contributed by atoms with Crippen LogP contribution < -0.4 is 5.32 Å². The molecule has 1 aromatic carbocycles. The van der Waals surface area contributed by atoms with Crippen molar-refractivity contribution in [1.82, 2.24) is 10.2 Å². The third-order valence-corrected chi connectivity index (χ3v) is 2.70. The van der Waals surface area contributed by atoms with Crippen molar-refractivity contribution in [2.24, 2.45) is 0 Å². The number of hydrogen-bond acceptors (Lipinski definition) is 2. The zero-order chi connectivity index (χ0) is 12.9. The topological polar surface area (TPSA) is 52.6 Å². The maximum atomic E-state index is 11.8. The van der Waals surface area contributed by atoms with Crippen molar-refractivity contribution in [1.29, 1.82) is 0 Å². The fourth-order valence-corrected chi connectivity index (χ4v) is 1.54. The normalized spacial score (nSPS) is 11.1. The number of likely N-dealkylation sites (N-methyl/N-ethyl adjacent to an activating group) is 1. The monoisotopic (exact) mass is 236 g/mol. The maximum absolute atomic E-state index is 11.8. The third-order valence-electron chi connectivity index (χ3n) is 2.70. The highest BCUT2D eigenvalue weighted by molar-refractivity contribution is 5.74. The Morgan fingerprint density at radius 1 is 1.35 bits per heavy atom. The fraction of sp³-hybridized carbons (Fsp3) is 0.462. The third kappa shape index (κ3) is 3.75. The van der Waals surface area contributed by atoms with E-state index in [9.17, 15) is 4.79 Å². The summed E-state index contributed by atoms with van der Waals surface area (Å²) in [6.45, 7) is 4.20. The van der Waals surface area contributed by atoms with Crippen molar-refractivity contribution in [3.63, 3.8) is 0 Å². The number of benzene rings is 1. The molecule has 0 saturated heterocycles. The van der Waals surface area contributed by atoms with Gasteiger partial charge in [-0.3, -0.25) is 0 Å². The number of hydrogen-bond donors (Lipinski definition) is 2. The lowest BCUT2D eigenvalue weighted by atomic mass is 9.94. The van der Waals surface area contributed by atoms with E-state index >= 15 is 0 Å². The van der Waals surface area contributed by atoms with Gasteiger partial charge < -0.3 is 15.3 Å². The van der Waals surface area contributed by atoms with Gasteiger partial charge in [-0.25, -0.2) is 4.79 Å². The summed E-state index contributed by atoms with van der Waals surface area (Å²) in [5.74, 6) is 0. The molecule has 0 unspecified atom stereocenters. The van der Waals surface area contributed by atoms with Gasteiger partial charge in [-0.1, -0.05) is 30.3 Å². The van der Waals surface area contributed by atoms with Gasteiger partial charge in [-0.2, -0.15) is 0 Å². The van der Waals surface area contributed by atoms with Crippen LogP contribution in [0.2, 0.25) is 0 Å². The summed E-state index contributed by atoms with van der Waals surface area (Å²) in [6, 6.07) is 9.60. The van der Waals surface area contributed by atoms with E-state index in [4.69, 9.17) is 5.11 Å². The van der Waals surface area contributed by atoms with E-state index in [-0.39, 0.29) is 12.6 Å². The zero-order valence-electron chi connectivity index (χ0n) is 10.6. The Balaban J connectivity index is 2.70. The van der Waals surface area contributed by atoms with Gasteiger partial charge in [0.05, 0.1) is 12.1 Å². The van der Waals surface area contributed by atoms with Crippen LogP contribution in [0.15, 0.2) is 30.3 Å². The number of nitrogens with zero attached hydrogens (tertiary/aromatic N) is 1. The number of aliphatic hydroxyl groups excluding tert-OH is 1. The van der Waals surface area contributed by atoms with E-state index in [1.165, 1.54) is 4.90 Å². The zero-order valence-corrected chi connectivity index (χ0v) is 10.6. The average molecular weight is 236 g/mol. The SMILES string of the molecule is CN(CCO)C(=O)NC(C)(C)c1ccccc1. The molecule has 0 aromatic heterocycles. The van der Waals surface area contributed by atoms with Crippen LogP contribution >= 0.6 is 0 Å². The van der Waals surface area contributed by atoms with E-state index in [0.717, 1.165) is 5.56 Å². The molecule has 4 heteroatoms. The lowest BCUT2D eigenvalue weighted by molar-refractivity contribution is 0.181. The quantitative estimate of drug-likeness (QED) is 0.833. The maximum Gasteiger partial charge on any atom is 0.317 e. The molecule has 2 N–H and O–H groups in total. The van der Waals surface area contributed by atoms with E-state index in [1.54, 1.807) is 7.05 Å². The Morgan fingerprint density at radius 2 is 1.94 bits per heavy atom. The van der Waals surface area contributed by atoms with Gasteiger partial charge in [0.2, 0.25) is 0 Å². The first-order valence-electron chi connectivity index (χ1n) is 5.67. The second kappa shape index (κ2) is 5.68. The minimum atomic E-state index is -0.429. The Bertz CT molecular complexity index is 363. The smallest absolute Gasteiger partial charge is 0.317 e. The highest BCUT2D eigenvalue weighted by Crippen LogP contribution is 2.19. The van der Waals surface area contributed by atoms with Crippen LogP contribution in [-0.2, 0) is 5.54 Å². The molecule has 0 saturated carbocycles. The second-order valence-corrected chi connectivity index (χ2v) is 4.57. The predicted molar refractivity (Wildman–Crippen MR) is 67.7 cm³/mol. The minimum Gasteiger partial charge on any atom is -0.395 e. The number of aliphatic hydroxyl groups is 1. The molecule has 0 radical (unpaired) electrons. The van der Waals surface area contributed by atoms with Crippen LogP contribution in [0.1, 0.15) is 19.4 Å². The van der Waals surface area contributed by atoms with Crippen molar-refractivity contribution < 1.29 is 9.90 Å². The Labute approximate surface area is 102 Å². The molecule has 0 fully saturated rings.